The van der Waals surface area contributed by atoms with Crippen molar-refractivity contribution in [2.45, 2.75) is 38.3 Å². The first kappa shape index (κ1) is 17.8. The fourth-order valence-electron chi connectivity index (χ4n) is 4.83. The van der Waals surface area contributed by atoms with Crippen LogP contribution in [0.4, 0.5) is 0 Å². The predicted molar refractivity (Wildman–Crippen MR) is 119 cm³/mol. The van der Waals surface area contributed by atoms with E-state index in [1.54, 1.807) is 0 Å². The van der Waals surface area contributed by atoms with E-state index < -0.39 is 0 Å². The average molecular weight is 399 g/mol. The van der Waals surface area contributed by atoms with Gasteiger partial charge in [0.05, 0.1) is 5.52 Å². The first-order chi connectivity index (χ1) is 14.7. The summed E-state index contributed by atoms with van der Waals surface area (Å²) in [7, 11) is 0. The number of aryl methyl sites for hydroxylation is 2. The van der Waals surface area contributed by atoms with Gasteiger partial charge in [0.2, 0.25) is 0 Å². The highest BCUT2D eigenvalue weighted by Gasteiger charge is 2.26. The van der Waals surface area contributed by atoms with Gasteiger partial charge in [0.1, 0.15) is 12.7 Å². The van der Waals surface area contributed by atoms with Gasteiger partial charge in [-0.2, -0.15) is 0 Å². The lowest BCUT2D eigenvalue weighted by atomic mass is 9.91. The molecule has 0 amide bonds. The van der Waals surface area contributed by atoms with Crippen LogP contribution < -0.4 is 14.8 Å². The van der Waals surface area contributed by atoms with Crippen molar-refractivity contribution in [3.63, 3.8) is 0 Å². The number of aromatic nitrogens is 2. The van der Waals surface area contributed by atoms with E-state index in [0.717, 1.165) is 53.9 Å². The molecule has 0 saturated heterocycles. The number of benzene rings is 2. The monoisotopic (exact) mass is 399 g/mol. The molecule has 5 nitrogen and oxygen atoms in total. The third-order valence-corrected chi connectivity index (χ3v) is 6.36. The Kier molecular flexibility index (Phi) is 4.16. The smallest absolute Gasteiger partial charge is 0.171 e. The molecule has 3 heterocycles. The largest absolute Gasteiger partial charge is 0.486 e. The van der Waals surface area contributed by atoms with Gasteiger partial charge in [-0.05, 0) is 55.7 Å². The van der Waals surface area contributed by atoms with Crippen molar-refractivity contribution in [1.82, 2.24) is 15.3 Å². The Balaban J connectivity index is 1.16. The van der Waals surface area contributed by atoms with E-state index in [0.29, 0.717) is 12.6 Å². The van der Waals surface area contributed by atoms with Gasteiger partial charge in [-0.15, -0.1) is 0 Å². The second kappa shape index (κ2) is 7.03. The van der Waals surface area contributed by atoms with E-state index in [1.165, 1.54) is 22.2 Å². The number of rotatable bonds is 3. The molecule has 2 N–H and O–H groups in total. The van der Waals surface area contributed by atoms with Gasteiger partial charge in [0, 0.05) is 46.7 Å². The van der Waals surface area contributed by atoms with E-state index in [1.807, 2.05) is 25.1 Å². The van der Waals surface area contributed by atoms with Crippen LogP contribution in [0, 0.1) is 6.92 Å². The Morgan fingerprint density at radius 2 is 2.03 bits per heavy atom. The van der Waals surface area contributed by atoms with E-state index in [9.17, 15) is 0 Å². The molecule has 4 aromatic rings. The second-order valence-corrected chi connectivity index (χ2v) is 8.44. The van der Waals surface area contributed by atoms with Crippen molar-refractivity contribution in [3.8, 4) is 11.5 Å². The molecular weight excluding hydrogens is 374 g/mol. The Morgan fingerprint density at radius 3 is 3.00 bits per heavy atom. The number of hydrogen-bond donors (Lipinski definition) is 2. The van der Waals surface area contributed by atoms with Crippen LogP contribution in [0.25, 0.3) is 21.8 Å². The zero-order chi connectivity index (χ0) is 20.1. The molecule has 2 aromatic carbocycles. The lowest BCUT2D eigenvalue weighted by molar-refractivity contribution is 0.0896. The highest BCUT2D eigenvalue weighted by molar-refractivity contribution is 5.88. The van der Waals surface area contributed by atoms with E-state index >= 15 is 0 Å². The first-order valence-electron chi connectivity index (χ1n) is 10.8. The van der Waals surface area contributed by atoms with Gasteiger partial charge >= 0.3 is 0 Å². The minimum absolute atomic E-state index is 0.00601. The summed E-state index contributed by atoms with van der Waals surface area (Å²) in [5.41, 5.74) is 6.07. The number of ether oxygens (including phenoxy) is 2. The Hall–Kier alpha value is -3.05. The number of H-pyrrole nitrogens is 1. The quantitative estimate of drug-likeness (QED) is 0.539. The van der Waals surface area contributed by atoms with Gasteiger partial charge in [0.15, 0.2) is 11.5 Å². The van der Waals surface area contributed by atoms with Gasteiger partial charge < -0.3 is 19.8 Å². The molecule has 2 atom stereocenters. The molecule has 6 rings (SSSR count). The molecule has 0 fully saturated rings. The van der Waals surface area contributed by atoms with Crippen molar-refractivity contribution < 1.29 is 9.47 Å². The van der Waals surface area contributed by atoms with Crippen LogP contribution in [0.3, 0.4) is 0 Å². The molecule has 5 heteroatoms. The summed E-state index contributed by atoms with van der Waals surface area (Å²) in [5, 5.41) is 6.12. The number of hydrogen-bond acceptors (Lipinski definition) is 4. The number of nitrogens with zero attached hydrogens (tertiary/aromatic N) is 1. The molecule has 0 unspecified atom stereocenters. The van der Waals surface area contributed by atoms with Crippen LogP contribution in [-0.4, -0.2) is 35.3 Å². The van der Waals surface area contributed by atoms with Gasteiger partial charge in [0.25, 0.3) is 0 Å². The molecule has 0 saturated carbocycles. The molecule has 0 spiro atoms. The maximum atomic E-state index is 6.36. The molecule has 2 aliphatic rings. The molecule has 152 valence electrons. The highest BCUT2D eigenvalue weighted by Crippen LogP contribution is 2.38. The van der Waals surface area contributed by atoms with Crippen molar-refractivity contribution in [2.75, 3.05) is 13.2 Å². The van der Waals surface area contributed by atoms with Crippen LogP contribution in [0.5, 0.6) is 11.5 Å². The Bertz CT molecular complexity index is 1250. The van der Waals surface area contributed by atoms with E-state index in [-0.39, 0.29) is 6.10 Å². The van der Waals surface area contributed by atoms with Gasteiger partial charge in [-0.25, -0.2) is 0 Å². The van der Waals surface area contributed by atoms with Crippen LogP contribution in [0.1, 0.15) is 23.4 Å². The van der Waals surface area contributed by atoms with Gasteiger partial charge in [-0.1, -0.05) is 18.2 Å². The van der Waals surface area contributed by atoms with Gasteiger partial charge in [-0.3, -0.25) is 4.98 Å². The summed E-state index contributed by atoms with van der Waals surface area (Å²) in [6.45, 7) is 3.34. The maximum absolute atomic E-state index is 6.36. The molecule has 30 heavy (non-hydrogen) atoms. The third-order valence-electron chi connectivity index (χ3n) is 6.36. The van der Waals surface area contributed by atoms with Crippen LogP contribution in [-0.2, 0) is 12.8 Å². The minimum Gasteiger partial charge on any atom is -0.486 e. The number of aromatic amines is 1. The maximum Gasteiger partial charge on any atom is 0.171 e. The number of pyridine rings is 1. The summed E-state index contributed by atoms with van der Waals surface area (Å²) >= 11 is 0. The Morgan fingerprint density at radius 1 is 1.10 bits per heavy atom. The molecule has 2 aromatic heterocycles. The van der Waals surface area contributed by atoms with Crippen LogP contribution >= 0.6 is 0 Å². The summed E-state index contributed by atoms with van der Waals surface area (Å²) in [5.74, 6) is 1.63. The van der Waals surface area contributed by atoms with Crippen molar-refractivity contribution in [1.29, 1.82) is 0 Å². The number of fused-ring (bicyclic) bond motifs is 6. The molecule has 1 aliphatic carbocycles. The van der Waals surface area contributed by atoms with Crippen molar-refractivity contribution in [3.05, 3.63) is 65.5 Å². The fraction of sp³-hybridized carbons (Fsp3) is 0.320. The summed E-state index contributed by atoms with van der Waals surface area (Å²) in [6, 6.07) is 17.1. The van der Waals surface area contributed by atoms with E-state index in [4.69, 9.17) is 9.47 Å². The molecule has 1 aliphatic heterocycles. The molecule has 0 bridgehead atoms. The average Bonchev–Trinajstić information content (AvgIpc) is 3.15. The predicted octanol–water partition coefficient (Wildman–Crippen LogP) is 4.31. The Labute approximate surface area is 175 Å². The first-order valence-corrected chi connectivity index (χ1v) is 10.8. The van der Waals surface area contributed by atoms with Crippen molar-refractivity contribution >= 4 is 21.8 Å². The zero-order valence-corrected chi connectivity index (χ0v) is 17.1. The molecule has 0 radical (unpaired) electrons. The SMILES string of the molecule is Cc1ccc2c3c(ccc2n1)OC[C@H](CN[C@@H]1CCc2c([nH]c4ccccc24)C1)O3. The lowest BCUT2D eigenvalue weighted by Gasteiger charge is -2.30. The summed E-state index contributed by atoms with van der Waals surface area (Å²) in [4.78, 5) is 8.23. The lowest BCUT2D eigenvalue weighted by Crippen LogP contribution is -2.44. The summed E-state index contributed by atoms with van der Waals surface area (Å²) < 4.78 is 12.4. The normalized spacial score (nSPS) is 20.4. The highest BCUT2D eigenvalue weighted by atomic mass is 16.6. The third kappa shape index (κ3) is 3.01. The minimum atomic E-state index is -0.00601. The van der Waals surface area contributed by atoms with E-state index in [2.05, 4.69) is 45.6 Å². The fourth-order valence-corrected chi connectivity index (χ4v) is 4.83. The number of para-hydroxylation sites is 1. The zero-order valence-electron chi connectivity index (χ0n) is 17.1. The standard InChI is InChI=1S/C25H25N3O2/c1-15-6-8-20-22(27-15)10-11-24-25(20)30-17(14-29-24)13-26-16-7-9-19-18-4-2-3-5-21(18)28-23(19)12-16/h2-6,8,10-11,16-17,26,28H,7,9,12-14H2,1H3/t16-,17+/m1/s1. The number of nitrogens with one attached hydrogen (secondary N) is 2. The molecular formula is C25H25N3O2. The van der Waals surface area contributed by atoms with Crippen LogP contribution in [0.2, 0.25) is 0 Å². The van der Waals surface area contributed by atoms with Crippen molar-refractivity contribution in [2.24, 2.45) is 0 Å². The van der Waals surface area contributed by atoms with Crippen LogP contribution in [0.15, 0.2) is 48.5 Å². The summed E-state index contributed by atoms with van der Waals surface area (Å²) in [6.07, 6.45) is 3.27. The topological polar surface area (TPSA) is 59.2 Å². The second-order valence-electron chi connectivity index (χ2n) is 8.44.